The SMILES string of the molecule is C[C@@H](NC(=O)N1CCOCC1)c1cnn2c(N[C@@H]3CCc4[nH]c5ccccc5c4C3)nc(-c3cncc(F)c3)nc12. The van der Waals surface area contributed by atoms with Gasteiger partial charge in [0.25, 0.3) is 0 Å². The fourth-order valence-electron chi connectivity index (χ4n) is 5.75. The largest absolute Gasteiger partial charge is 0.378 e. The molecular formula is C29H30FN9O2. The Morgan fingerprint density at radius 1 is 1.17 bits per heavy atom. The molecule has 11 nitrogen and oxygen atoms in total. The first-order valence-electron chi connectivity index (χ1n) is 13.9. The number of fused-ring (bicyclic) bond motifs is 4. The highest BCUT2D eigenvalue weighted by Crippen LogP contribution is 2.31. The quantitative estimate of drug-likeness (QED) is 0.301. The second kappa shape index (κ2) is 10.4. The number of amides is 2. The van der Waals surface area contributed by atoms with E-state index >= 15 is 0 Å². The Hall–Kier alpha value is -4.58. The number of pyridine rings is 1. The van der Waals surface area contributed by atoms with Crippen LogP contribution in [0.2, 0.25) is 0 Å². The van der Waals surface area contributed by atoms with E-state index in [4.69, 9.17) is 14.7 Å². The molecule has 1 aliphatic carbocycles. The van der Waals surface area contributed by atoms with Crippen LogP contribution in [0.3, 0.4) is 0 Å². The molecule has 1 fully saturated rings. The molecule has 2 aliphatic rings. The Labute approximate surface area is 235 Å². The molecule has 1 saturated heterocycles. The first kappa shape index (κ1) is 25.4. The third-order valence-electron chi connectivity index (χ3n) is 7.89. The van der Waals surface area contributed by atoms with Crippen molar-refractivity contribution in [2.24, 2.45) is 0 Å². The Bertz CT molecular complexity index is 1740. The van der Waals surface area contributed by atoms with Gasteiger partial charge in [-0.3, -0.25) is 4.98 Å². The topological polar surface area (TPSA) is 125 Å². The van der Waals surface area contributed by atoms with Crippen LogP contribution in [0.5, 0.6) is 0 Å². The molecule has 3 N–H and O–H groups in total. The first-order valence-corrected chi connectivity index (χ1v) is 13.9. The van der Waals surface area contributed by atoms with Gasteiger partial charge in [0.2, 0.25) is 5.95 Å². The Balaban J connectivity index is 1.23. The number of para-hydroxylation sites is 1. The summed E-state index contributed by atoms with van der Waals surface area (Å²) in [5, 5.41) is 12.5. The van der Waals surface area contributed by atoms with Crippen molar-refractivity contribution in [1.29, 1.82) is 0 Å². The van der Waals surface area contributed by atoms with Crippen LogP contribution in [0.1, 0.15) is 36.2 Å². The molecular weight excluding hydrogens is 525 g/mol. The molecule has 2 atom stereocenters. The molecule has 41 heavy (non-hydrogen) atoms. The number of benzene rings is 1. The van der Waals surface area contributed by atoms with Crippen molar-refractivity contribution in [3.8, 4) is 11.4 Å². The standard InChI is InChI=1S/C29H30FN9O2/c1-17(33-29(40)38-8-10-41-11-9-38)23-16-32-39-27(23)36-26(18-12-19(30)15-31-14-18)37-28(39)34-20-6-7-25-22(13-20)21-4-2-3-5-24(21)35-25/h2-5,12,14-17,20,35H,6-11,13H2,1H3,(H,33,40)(H,34,36,37)/t17-,20-/m1/s1. The molecule has 0 saturated carbocycles. The number of nitrogens with zero attached hydrogens (tertiary/aromatic N) is 6. The van der Waals surface area contributed by atoms with E-state index in [9.17, 15) is 9.18 Å². The van der Waals surface area contributed by atoms with Crippen LogP contribution < -0.4 is 10.6 Å². The molecule has 0 radical (unpaired) electrons. The van der Waals surface area contributed by atoms with Gasteiger partial charge < -0.3 is 25.3 Å². The third kappa shape index (κ3) is 4.84. The van der Waals surface area contributed by atoms with Gasteiger partial charge in [0.05, 0.1) is 31.6 Å². The average Bonchev–Trinajstić information content (AvgIpc) is 3.59. The lowest BCUT2D eigenvalue weighted by Gasteiger charge is -2.28. The van der Waals surface area contributed by atoms with E-state index in [1.54, 1.807) is 15.6 Å². The van der Waals surface area contributed by atoms with Gasteiger partial charge in [-0.25, -0.2) is 14.2 Å². The number of aryl methyl sites for hydroxylation is 1. The van der Waals surface area contributed by atoms with Crippen LogP contribution in [0.15, 0.2) is 48.9 Å². The van der Waals surface area contributed by atoms with Gasteiger partial charge in [0, 0.05) is 53.1 Å². The van der Waals surface area contributed by atoms with E-state index in [-0.39, 0.29) is 18.1 Å². The lowest BCUT2D eigenvalue weighted by molar-refractivity contribution is 0.0526. The number of H-pyrrole nitrogens is 1. The van der Waals surface area contributed by atoms with Crippen molar-refractivity contribution in [1.82, 2.24) is 39.8 Å². The van der Waals surface area contributed by atoms with Gasteiger partial charge >= 0.3 is 6.03 Å². The van der Waals surface area contributed by atoms with E-state index in [2.05, 4.69) is 43.9 Å². The van der Waals surface area contributed by atoms with Gasteiger partial charge in [-0.2, -0.15) is 14.6 Å². The number of rotatable bonds is 5. The maximum absolute atomic E-state index is 14.1. The molecule has 5 heterocycles. The minimum atomic E-state index is -0.473. The summed E-state index contributed by atoms with van der Waals surface area (Å²) in [4.78, 5) is 31.7. The summed E-state index contributed by atoms with van der Waals surface area (Å²) in [6.07, 6.45) is 7.02. The summed E-state index contributed by atoms with van der Waals surface area (Å²) < 4.78 is 21.2. The number of aromatic nitrogens is 6. The number of aromatic amines is 1. The molecule has 12 heteroatoms. The molecule has 4 aromatic heterocycles. The summed E-state index contributed by atoms with van der Waals surface area (Å²) in [6, 6.07) is 9.27. The molecule has 0 spiro atoms. The van der Waals surface area contributed by atoms with Crippen molar-refractivity contribution < 1.29 is 13.9 Å². The maximum Gasteiger partial charge on any atom is 0.318 e. The fourth-order valence-corrected chi connectivity index (χ4v) is 5.75. The first-order chi connectivity index (χ1) is 20.0. The smallest absolute Gasteiger partial charge is 0.318 e. The number of halogens is 1. The molecule has 1 aliphatic heterocycles. The van der Waals surface area contributed by atoms with E-state index in [0.717, 1.165) is 36.5 Å². The zero-order valence-electron chi connectivity index (χ0n) is 22.6. The average molecular weight is 556 g/mol. The Morgan fingerprint density at radius 2 is 2.02 bits per heavy atom. The van der Waals surface area contributed by atoms with Crippen molar-refractivity contribution in [3.05, 3.63) is 71.6 Å². The summed E-state index contributed by atoms with van der Waals surface area (Å²) >= 11 is 0. The lowest BCUT2D eigenvalue weighted by Crippen LogP contribution is -2.46. The number of anilines is 1. The summed E-state index contributed by atoms with van der Waals surface area (Å²) in [5.41, 5.74) is 5.44. The molecule has 5 aromatic rings. The van der Waals surface area contributed by atoms with Crippen LogP contribution in [0.4, 0.5) is 15.1 Å². The highest BCUT2D eigenvalue weighted by atomic mass is 19.1. The highest BCUT2D eigenvalue weighted by Gasteiger charge is 2.26. The van der Waals surface area contributed by atoms with Crippen LogP contribution in [-0.2, 0) is 17.6 Å². The highest BCUT2D eigenvalue weighted by molar-refractivity contribution is 5.85. The van der Waals surface area contributed by atoms with E-state index < -0.39 is 5.82 Å². The minimum absolute atomic E-state index is 0.101. The van der Waals surface area contributed by atoms with Gasteiger partial charge in [-0.05, 0) is 43.9 Å². The normalized spacial score (nSPS) is 17.9. The number of hydrogen-bond donors (Lipinski definition) is 3. The number of ether oxygens (including phenoxy) is 1. The van der Waals surface area contributed by atoms with Gasteiger partial charge in [0.15, 0.2) is 11.5 Å². The molecule has 0 bridgehead atoms. The van der Waals surface area contributed by atoms with Gasteiger partial charge in [0.1, 0.15) is 5.82 Å². The Kier molecular flexibility index (Phi) is 6.46. The van der Waals surface area contributed by atoms with E-state index in [0.29, 0.717) is 49.3 Å². The number of carbonyl (C=O) groups is 1. The van der Waals surface area contributed by atoms with Crippen LogP contribution in [0.25, 0.3) is 27.9 Å². The number of morpholine rings is 1. The summed E-state index contributed by atoms with van der Waals surface area (Å²) in [6.45, 7) is 4.02. The van der Waals surface area contributed by atoms with Gasteiger partial charge in [-0.1, -0.05) is 18.2 Å². The van der Waals surface area contributed by atoms with Crippen LogP contribution in [-0.4, -0.2) is 72.8 Å². The zero-order valence-corrected chi connectivity index (χ0v) is 22.6. The second-order valence-corrected chi connectivity index (χ2v) is 10.6. The van der Waals surface area contributed by atoms with Crippen LogP contribution >= 0.6 is 0 Å². The molecule has 1 aromatic carbocycles. The van der Waals surface area contributed by atoms with Crippen molar-refractivity contribution >= 4 is 28.5 Å². The zero-order chi connectivity index (χ0) is 27.9. The predicted octanol–water partition coefficient (Wildman–Crippen LogP) is 3.88. The van der Waals surface area contributed by atoms with Crippen molar-refractivity contribution in [3.63, 3.8) is 0 Å². The fraction of sp³-hybridized carbons (Fsp3) is 0.345. The van der Waals surface area contributed by atoms with Crippen molar-refractivity contribution in [2.45, 2.75) is 38.3 Å². The molecule has 210 valence electrons. The summed E-state index contributed by atoms with van der Waals surface area (Å²) in [7, 11) is 0. The number of urea groups is 1. The monoisotopic (exact) mass is 555 g/mol. The van der Waals surface area contributed by atoms with Gasteiger partial charge in [-0.15, -0.1) is 0 Å². The lowest BCUT2D eigenvalue weighted by atomic mass is 9.91. The summed E-state index contributed by atoms with van der Waals surface area (Å²) in [5.74, 6) is 0.351. The number of carbonyl (C=O) groups excluding carboxylic acids is 1. The number of hydrogen-bond acceptors (Lipinski definition) is 7. The molecule has 2 amide bonds. The van der Waals surface area contributed by atoms with E-state index in [1.165, 1.54) is 28.9 Å². The minimum Gasteiger partial charge on any atom is -0.378 e. The van der Waals surface area contributed by atoms with Crippen molar-refractivity contribution in [2.75, 3.05) is 31.6 Å². The molecule has 7 rings (SSSR count). The molecule has 0 unspecified atom stereocenters. The third-order valence-corrected chi connectivity index (χ3v) is 7.89. The maximum atomic E-state index is 14.1. The van der Waals surface area contributed by atoms with E-state index in [1.807, 2.05) is 13.0 Å². The second-order valence-electron chi connectivity index (χ2n) is 10.6. The Morgan fingerprint density at radius 3 is 2.88 bits per heavy atom. The number of nitrogens with one attached hydrogen (secondary N) is 3. The van der Waals surface area contributed by atoms with Crippen LogP contribution in [0, 0.1) is 5.82 Å². The predicted molar refractivity (Wildman–Crippen MR) is 151 cm³/mol.